The summed E-state index contributed by atoms with van der Waals surface area (Å²) < 4.78 is 5.11. The summed E-state index contributed by atoms with van der Waals surface area (Å²) in [5, 5.41) is 10.5. The summed E-state index contributed by atoms with van der Waals surface area (Å²) in [4.78, 5) is 0. The minimum atomic E-state index is 0.154. The van der Waals surface area contributed by atoms with E-state index in [9.17, 15) is 0 Å². The van der Waals surface area contributed by atoms with E-state index >= 15 is 0 Å². The van der Waals surface area contributed by atoms with Gasteiger partial charge in [0.05, 0.1) is 11.0 Å². The van der Waals surface area contributed by atoms with Crippen LogP contribution in [0.4, 0.5) is 0 Å². The highest BCUT2D eigenvalue weighted by molar-refractivity contribution is 7.01. The molecule has 0 saturated carbocycles. The quantitative estimate of drug-likeness (QED) is 0.187. The predicted molar refractivity (Wildman–Crippen MR) is 175 cm³/mol. The second-order valence-electron chi connectivity index (χ2n) is 11.7. The molecular weight excluding hydrogens is 495 g/mol. The molecule has 2 aliphatic heterocycles. The normalized spacial score (nSPS) is 13.3. The van der Waals surface area contributed by atoms with Gasteiger partial charge in [-0.25, -0.2) is 0 Å². The second kappa shape index (κ2) is 6.89. The van der Waals surface area contributed by atoms with E-state index in [4.69, 9.17) is 0 Å². The van der Waals surface area contributed by atoms with Gasteiger partial charge < -0.3 is 9.13 Å². The monoisotopic (exact) mass is 516 g/mol. The van der Waals surface area contributed by atoms with E-state index in [1.54, 1.807) is 0 Å². The molecule has 0 spiro atoms. The van der Waals surface area contributed by atoms with Crippen molar-refractivity contribution in [3.8, 4) is 11.4 Å². The molecule has 0 atom stereocenters. The Hall–Kier alpha value is -5.28. The molecule has 186 valence electrons. The Kier molecular flexibility index (Phi) is 3.46. The van der Waals surface area contributed by atoms with Gasteiger partial charge in [0.15, 0.2) is 0 Å². The molecule has 11 rings (SSSR count). The first-order chi connectivity index (χ1) is 20.4. The van der Waals surface area contributed by atoms with Crippen LogP contribution in [0.2, 0.25) is 0 Å². The lowest BCUT2D eigenvalue weighted by Crippen LogP contribution is -2.59. The molecule has 0 bridgehead atoms. The maximum absolute atomic E-state index is 2.56. The standard InChI is InChI=1S/C38H21BN2/c1-2-10-23-21-34-28(19-22(23)9-1)27-14-7-15-30-37(27)41(34)33-18-8-17-32-36(33)39(30)35-25-12-4-3-11-24(25)20-29-26-13-5-6-16-31(26)40(32)38(29)35/h1-21H. The topological polar surface area (TPSA) is 9.86 Å². The first-order valence-corrected chi connectivity index (χ1v) is 14.4. The van der Waals surface area contributed by atoms with Crippen LogP contribution in [0, 0.1) is 0 Å². The van der Waals surface area contributed by atoms with Gasteiger partial charge in [-0.15, -0.1) is 0 Å². The van der Waals surface area contributed by atoms with Crippen LogP contribution in [0.25, 0.3) is 76.5 Å². The third kappa shape index (κ3) is 2.28. The van der Waals surface area contributed by atoms with E-state index in [2.05, 4.69) is 137 Å². The smallest absolute Gasteiger partial charge is 0.253 e. The Balaban J connectivity index is 1.43. The highest BCUT2D eigenvalue weighted by Crippen LogP contribution is 2.40. The number of rotatable bonds is 0. The van der Waals surface area contributed by atoms with Crippen molar-refractivity contribution in [2.75, 3.05) is 0 Å². The number of nitrogens with zero attached hydrogens (tertiary/aromatic N) is 2. The molecule has 0 unspecified atom stereocenters. The molecule has 2 aliphatic rings. The van der Waals surface area contributed by atoms with Gasteiger partial charge >= 0.3 is 0 Å². The maximum atomic E-state index is 2.56. The molecule has 0 saturated heterocycles. The van der Waals surface area contributed by atoms with Gasteiger partial charge in [-0.2, -0.15) is 0 Å². The highest BCUT2D eigenvalue weighted by atomic mass is 15.0. The minimum Gasteiger partial charge on any atom is -0.310 e. The van der Waals surface area contributed by atoms with Gasteiger partial charge in [-0.05, 0) is 74.3 Å². The van der Waals surface area contributed by atoms with Crippen molar-refractivity contribution in [2.24, 2.45) is 0 Å². The molecule has 2 nitrogen and oxygen atoms in total. The van der Waals surface area contributed by atoms with Crippen LogP contribution >= 0.6 is 0 Å². The Bertz CT molecular complexity index is 2650. The molecule has 3 heteroatoms. The van der Waals surface area contributed by atoms with E-state index in [0.717, 1.165) is 0 Å². The second-order valence-corrected chi connectivity index (χ2v) is 11.7. The number of hydrogen-bond acceptors (Lipinski definition) is 0. The Morgan fingerprint density at radius 1 is 0.390 bits per heavy atom. The Morgan fingerprint density at radius 3 is 1.88 bits per heavy atom. The van der Waals surface area contributed by atoms with Crippen molar-refractivity contribution in [3.05, 3.63) is 127 Å². The molecule has 4 heterocycles. The first kappa shape index (κ1) is 20.6. The maximum Gasteiger partial charge on any atom is 0.253 e. The van der Waals surface area contributed by atoms with Crippen molar-refractivity contribution in [1.82, 2.24) is 9.13 Å². The summed E-state index contributed by atoms with van der Waals surface area (Å²) in [6.45, 7) is 0.154. The molecule has 7 aromatic carbocycles. The van der Waals surface area contributed by atoms with E-state index in [0.29, 0.717) is 0 Å². The summed E-state index contributed by atoms with van der Waals surface area (Å²) in [5.74, 6) is 0. The number of hydrogen-bond donors (Lipinski definition) is 0. The SMILES string of the molecule is c1cc2c3c(c1)-n1c4ccccc4c4cc5ccccc5c(c41)B3c1cccc3c4cc5ccccc5cc4n-2c13. The van der Waals surface area contributed by atoms with Gasteiger partial charge in [0.2, 0.25) is 0 Å². The third-order valence-corrected chi connectivity index (χ3v) is 9.84. The summed E-state index contributed by atoms with van der Waals surface area (Å²) in [6, 6.07) is 47.8. The van der Waals surface area contributed by atoms with Gasteiger partial charge in [0.1, 0.15) is 0 Å². The molecule has 0 radical (unpaired) electrons. The molecule has 9 aromatic rings. The van der Waals surface area contributed by atoms with Gasteiger partial charge in [-0.1, -0.05) is 91.0 Å². The van der Waals surface area contributed by atoms with Gasteiger partial charge in [0.25, 0.3) is 6.71 Å². The number of benzene rings is 7. The van der Waals surface area contributed by atoms with Gasteiger partial charge in [-0.3, -0.25) is 0 Å². The fourth-order valence-electron chi connectivity index (χ4n) is 8.31. The van der Waals surface area contributed by atoms with E-state index in [-0.39, 0.29) is 6.71 Å². The molecule has 0 aliphatic carbocycles. The third-order valence-electron chi connectivity index (χ3n) is 9.84. The number of para-hydroxylation sites is 2. The lowest BCUT2D eigenvalue weighted by Gasteiger charge is -2.34. The van der Waals surface area contributed by atoms with Crippen LogP contribution in [0.5, 0.6) is 0 Å². The van der Waals surface area contributed by atoms with Crippen molar-refractivity contribution in [3.63, 3.8) is 0 Å². The average Bonchev–Trinajstić information content (AvgIpc) is 3.53. The van der Waals surface area contributed by atoms with Crippen molar-refractivity contribution < 1.29 is 0 Å². The Morgan fingerprint density at radius 2 is 1.02 bits per heavy atom. The fraction of sp³-hybridized carbons (Fsp3) is 0. The fourth-order valence-corrected chi connectivity index (χ4v) is 8.31. The predicted octanol–water partition coefficient (Wildman–Crippen LogP) is 7.33. The largest absolute Gasteiger partial charge is 0.310 e. The van der Waals surface area contributed by atoms with Crippen LogP contribution in [0.3, 0.4) is 0 Å². The highest BCUT2D eigenvalue weighted by Gasteiger charge is 2.41. The average molecular weight is 516 g/mol. The van der Waals surface area contributed by atoms with E-state index in [1.807, 2.05) is 0 Å². The lowest BCUT2D eigenvalue weighted by molar-refractivity contribution is 1.14. The van der Waals surface area contributed by atoms with Crippen LogP contribution in [-0.2, 0) is 0 Å². The van der Waals surface area contributed by atoms with E-state index < -0.39 is 0 Å². The summed E-state index contributed by atoms with van der Waals surface area (Å²) in [7, 11) is 0. The van der Waals surface area contributed by atoms with Crippen LogP contribution in [0.15, 0.2) is 127 Å². The van der Waals surface area contributed by atoms with Crippen LogP contribution in [0.1, 0.15) is 0 Å². The summed E-state index contributed by atoms with van der Waals surface area (Å²) in [6.07, 6.45) is 0. The number of aromatic nitrogens is 2. The van der Waals surface area contributed by atoms with E-state index in [1.165, 1.54) is 92.9 Å². The zero-order valence-electron chi connectivity index (χ0n) is 22.1. The summed E-state index contributed by atoms with van der Waals surface area (Å²) in [5.41, 5.74) is 12.1. The molecular formula is C38H21BN2. The molecule has 0 fully saturated rings. The zero-order chi connectivity index (χ0) is 26.4. The van der Waals surface area contributed by atoms with Crippen LogP contribution < -0.4 is 16.4 Å². The van der Waals surface area contributed by atoms with Gasteiger partial charge in [0, 0.05) is 44.0 Å². The summed E-state index contributed by atoms with van der Waals surface area (Å²) >= 11 is 0. The van der Waals surface area contributed by atoms with Crippen molar-refractivity contribution >= 4 is 88.3 Å². The van der Waals surface area contributed by atoms with Crippen molar-refractivity contribution in [1.29, 1.82) is 0 Å². The Labute approximate surface area is 235 Å². The molecule has 41 heavy (non-hydrogen) atoms. The molecule has 2 aromatic heterocycles. The molecule has 0 amide bonds. The number of fused-ring (bicyclic) bond motifs is 13. The minimum absolute atomic E-state index is 0.154. The zero-order valence-corrected chi connectivity index (χ0v) is 22.1. The molecule has 0 N–H and O–H groups in total. The first-order valence-electron chi connectivity index (χ1n) is 14.4. The van der Waals surface area contributed by atoms with Crippen molar-refractivity contribution in [2.45, 2.75) is 0 Å². The lowest BCUT2D eigenvalue weighted by atomic mass is 9.33. The van der Waals surface area contributed by atoms with Crippen LogP contribution in [-0.4, -0.2) is 15.8 Å².